The zero-order valence-corrected chi connectivity index (χ0v) is 7.66. The molecule has 0 unspecified atom stereocenters. The van der Waals surface area contributed by atoms with Crippen LogP contribution in [0.2, 0.25) is 0 Å². The predicted molar refractivity (Wildman–Crippen MR) is 43.9 cm³/mol. The molecule has 2 nitrogen and oxygen atoms in total. The molecule has 0 amide bonds. The molecule has 0 saturated heterocycles. The lowest BCUT2D eigenvalue weighted by molar-refractivity contribution is 0.319. The zero-order valence-electron chi connectivity index (χ0n) is 7.66. The molecular formula is C9H8F3O2. The number of methoxy groups -OCH3 is 2. The quantitative estimate of drug-likeness (QED) is 0.689. The van der Waals surface area contributed by atoms with Gasteiger partial charge in [-0.25, -0.2) is 4.39 Å². The predicted octanol–water partition coefficient (Wildman–Crippen LogP) is 2.30. The molecular weight excluding hydrogens is 197 g/mol. The average Bonchev–Trinajstić information content (AvgIpc) is 2.16. The Balaban J connectivity index is 3.56. The minimum absolute atomic E-state index is 0.458. The van der Waals surface area contributed by atoms with Gasteiger partial charge >= 0.3 is 0 Å². The van der Waals surface area contributed by atoms with Gasteiger partial charge in [0, 0.05) is 5.56 Å². The maximum Gasteiger partial charge on any atom is 0.210 e. The SMILES string of the molecule is [CH2]c1c(F)c(F)c(OC)c(F)c1OC. The van der Waals surface area contributed by atoms with E-state index in [0.717, 1.165) is 14.2 Å². The van der Waals surface area contributed by atoms with Gasteiger partial charge in [-0.2, -0.15) is 8.78 Å². The molecule has 0 aromatic heterocycles. The lowest BCUT2D eigenvalue weighted by atomic mass is 10.2. The van der Waals surface area contributed by atoms with E-state index < -0.39 is 34.5 Å². The van der Waals surface area contributed by atoms with Crippen LogP contribution in [0, 0.1) is 24.4 Å². The van der Waals surface area contributed by atoms with Crippen LogP contribution in [0.1, 0.15) is 5.56 Å². The lowest BCUT2D eigenvalue weighted by Gasteiger charge is -2.11. The van der Waals surface area contributed by atoms with Gasteiger partial charge in [-0.3, -0.25) is 0 Å². The Bertz CT molecular complexity index is 333. The Morgan fingerprint density at radius 2 is 1.36 bits per heavy atom. The lowest BCUT2D eigenvalue weighted by Crippen LogP contribution is -2.03. The highest BCUT2D eigenvalue weighted by molar-refractivity contribution is 5.46. The number of hydrogen-bond acceptors (Lipinski definition) is 2. The van der Waals surface area contributed by atoms with E-state index in [0.29, 0.717) is 0 Å². The molecule has 1 aromatic rings. The number of benzene rings is 1. The standard InChI is InChI=1S/C9H8F3O2/c1-4-5(10)6(11)9(14-3)7(12)8(4)13-2/h1H2,2-3H3. The van der Waals surface area contributed by atoms with Crippen molar-refractivity contribution in [1.29, 1.82) is 0 Å². The van der Waals surface area contributed by atoms with E-state index >= 15 is 0 Å². The highest BCUT2D eigenvalue weighted by atomic mass is 19.2. The molecule has 0 atom stereocenters. The van der Waals surface area contributed by atoms with Crippen molar-refractivity contribution >= 4 is 0 Å². The van der Waals surface area contributed by atoms with Gasteiger partial charge in [0.05, 0.1) is 14.2 Å². The van der Waals surface area contributed by atoms with Crippen molar-refractivity contribution in [2.75, 3.05) is 14.2 Å². The molecule has 77 valence electrons. The minimum atomic E-state index is -1.41. The molecule has 0 spiro atoms. The molecule has 1 aromatic carbocycles. The Morgan fingerprint density at radius 3 is 1.79 bits per heavy atom. The molecule has 0 saturated carbocycles. The van der Waals surface area contributed by atoms with E-state index in [-0.39, 0.29) is 0 Å². The van der Waals surface area contributed by atoms with Crippen LogP contribution in [0.15, 0.2) is 0 Å². The van der Waals surface area contributed by atoms with Crippen molar-refractivity contribution in [3.63, 3.8) is 0 Å². The van der Waals surface area contributed by atoms with Crippen molar-refractivity contribution in [2.45, 2.75) is 0 Å². The second kappa shape index (κ2) is 3.77. The van der Waals surface area contributed by atoms with Gasteiger partial charge in [-0.1, -0.05) is 0 Å². The summed E-state index contributed by atoms with van der Waals surface area (Å²) in [6, 6.07) is 0. The van der Waals surface area contributed by atoms with Crippen LogP contribution in [-0.2, 0) is 0 Å². The first-order chi connectivity index (χ1) is 6.54. The van der Waals surface area contributed by atoms with Crippen LogP contribution < -0.4 is 9.47 Å². The number of rotatable bonds is 2. The minimum Gasteiger partial charge on any atom is -0.493 e. The molecule has 0 heterocycles. The first-order valence-electron chi connectivity index (χ1n) is 3.65. The van der Waals surface area contributed by atoms with Gasteiger partial charge in [0.15, 0.2) is 17.3 Å². The summed E-state index contributed by atoms with van der Waals surface area (Å²) >= 11 is 0. The molecule has 14 heavy (non-hydrogen) atoms. The van der Waals surface area contributed by atoms with E-state index in [2.05, 4.69) is 16.4 Å². The van der Waals surface area contributed by atoms with Gasteiger partial charge in [-0.15, -0.1) is 0 Å². The van der Waals surface area contributed by atoms with E-state index in [1.807, 2.05) is 0 Å². The third-order valence-electron chi connectivity index (χ3n) is 1.74. The Hall–Kier alpha value is -1.39. The summed E-state index contributed by atoms with van der Waals surface area (Å²) in [7, 11) is 2.16. The van der Waals surface area contributed by atoms with E-state index in [9.17, 15) is 13.2 Å². The van der Waals surface area contributed by atoms with Crippen LogP contribution in [0.3, 0.4) is 0 Å². The summed E-state index contributed by atoms with van der Waals surface area (Å²) in [6.07, 6.45) is 0. The monoisotopic (exact) mass is 205 g/mol. The summed E-state index contributed by atoms with van der Waals surface area (Å²) in [5.74, 6) is -5.05. The van der Waals surface area contributed by atoms with Crippen molar-refractivity contribution in [2.24, 2.45) is 0 Å². The van der Waals surface area contributed by atoms with Crippen molar-refractivity contribution in [3.05, 3.63) is 29.9 Å². The van der Waals surface area contributed by atoms with Crippen LogP contribution in [0.5, 0.6) is 11.5 Å². The van der Waals surface area contributed by atoms with Crippen molar-refractivity contribution < 1.29 is 22.6 Å². The Kier molecular flexibility index (Phi) is 2.88. The smallest absolute Gasteiger partial charge is 0.210 e. The van der Waals surface area contributed by atoms with Crippen LogP contribution in [-0.4, -0.2) is 14.2 Å². The number of hydrogen-bond donors (Lipinski definition) is 0. The van der Waals surface area contributed by atoms with Crippen molar-refractivity contribution in [1.82, 2.24) is 0 Å². The molecule has 0 N–H and O–H groups in total. The molecule has 0 fully saturated rings. The van der Waals surface area contributed by atoms with Crippen LogP contribution >= 0.6 is 0 Å². The Morgan fingerprint density at radius 1 is 0.857 bits per heavy atom. The fraction of sp³-hybridized carbons (Fsp3) is 0.222. The summed E-state index contributed by atoms with van der Waals surface area (Å²) in [6.45, 7) is 3.15. The molecule has 0 aliphatic rings. The van der Waals surface area contributed by atoms with Crippen molar-refractivity contribution in [3.8, 4) is 11.5 Å². The third kappa shape index (κ3) is 1.38. The Labute approximate surface area is 79.2 Å². The van der Waals surface area contributed by atoms with Crippen LogP contribution in [0.4, 0.5) is 13.2 Å². The average molecular weight is 205 g/mol. The van der Waals surface area contributed by atoms with E-state index in [4.69, 9.17) is 0 Å². The largest absolute Gasteiger partial charge is 0.493 e. The zero-order chi connectivity index (χ0) is 10.9. The molecule has 0 aliphatic carbocycles. The first kappa shape index (κ1) is 10.7. The van der Waals surface area contributed by atoms with Gasteiger partial charge in [0.2, 0.25) is 11.6 Å². The first-order valence-corrected chi connectivity index (χ1v) is 3.65. The topological polar surface area (TPSA) is 18.5 Å². The molecule has 0 aliphatic heterocycles. The summed E-state index contributed by atoms with van der Waals surface area (Å²) < 4.78 is 48.2. The molecule has 5 heteroatoms. The normalized spacial score (nSPS) is 10.1. The summed E-state index contributed by atoms with van der Waals surface area (Å²) in [4.78, 5) is 0. The fourth-order valence-electron chi connectivity index (χ4n) is 1.06. The summed E-state index contributed by atoms with van der Waals surface area (Å²) in [5, 5.41) is 0. The van der Waals surface area contributed by atoms with Gasteiger partial charge in [-0.05, 0) is 6.92 Å². The molecule has 1 rings (SSSR count). The fourth-order valence-corrected chi connectivity index (χ4v) is 1.06. The van der Waals surface area contributed by atoms with Crippen LogP contribution in [0.25, 0.3) is 0 Å². The second-order valence-corrected chi connectivity index (χ2v) is 2.49. The van der Waals surface area contributed by atoms with E-state index in [1.54, 1.807) is 0 Å². The third-order valence-corrected chi connectivity index (χ3v) is 1.74. The number of halogens is 3. The van der Waals surface area contributed by atoms with E-state index in [1.165, 1.54) is 0 Å². The van der Waals surface area contributed by atoms with Gasteiger partial charge in [0.1, 0.15) is 0 Å². The maximum atomic E-state index is 13.3. The van der Waals surface area contributed by atoms with Gasteiger partial charge < -0.3 is 9.47 Å². The highest BCUT2D eigenvalue weighted by Crippen LogP contribution is 2.34. The second-order valence-electron chi connectivity index (χ2n) is 2.49. The van der Waals surface area contributed by atoms with Gasteiger partial charge in [0.25, 0.3) is 0 Å². The molecule has 1 radical (unpaired) electrons. The number of ether oxygens (including phenoxy) is 2. The maximum absolute atomic E-state index is 13.3. The highest BCUT2D eigenvalue weighted by Gasteiger charge is 2.23. The molecule has 0 bridgehead atoms. The summed E-state index contributed by atoms with van der Waals surface area (Å²) in [5.41, 5.74) is -0.469.